The summed E-state index contributed by atoms with van der Waals surface area (Å²) in [6.45, 7) is 0. The molecule has 3 nitrogen and oxygen atoms in total. The van der Waals surface area contributed by atoms with Gasteiger partial charge in [-0.15, -0.1) is 0 Å². The molecule has 78 valence electrons. The van der Waals surface area contributed by atoms with Crippen molar-refractivity contribution in [2.45, 2.75) is 6.10 Å². The average Bonchev–Trinajstić information content (AvgIpc) is 2.82. The van der Waals surface area contributed by atoms with E-state index in [-0.39, 0.29) is 0 Å². The van der Waals surface area contributed by atoms with E-state index >= 15 is 0 Å². The lowest BCUT2D eigenvalue weighted by Crippen LogP contribution is -1.97. The van der Waals surface area contributed by atoms with Crippen molar-refractivity contribution in [3.05, 3.63) is 53.9 Å². The molecular formula is C12H13NO2. The molecule has 2 aromatic rings. The number of hydrogen-bond donors (Lipinski definition) is 2. The minimum Gasteiger partial charge on any atom is -0.497 e. The third-order valence-electron chi connectivity index (χ3n) is 2.37. The molecule has 3 heteroatoms. The Bertz CT molecular complexity index is 406. The number of aliphatic hydroxyl groups is 1. The number of nitrogens with one attached hydrogen (secondary N) is 1. The summed E-state index contributed by atoms with van der Waals surface area (Å²) in [4.78, 5) is 2.92. The molecule has 0 aliphatic rings. The van der Waals surface area contributed by atoms with Crippen LogP contribution >= 0.6 is 0 Å². The third-order valence-corrected chi connectivity index (χ3v) is 2.37. The fourth-order valence-electron chi connectivity index (χ4n) is 1.49. The summed E-state index contributed by atoms with van der Waals surface area (Å²) in [6.07, 6.45) is 3.00. The van der Waals surface area contributed by atoms with Gasteiger partial charge in [0, 0.05) is 18.0 Å². The Hall–Kier alpha value is -1.74. The van der Waals surface area contributed by atoms with E-state index in [9.17, 15) is 5.11 Å². The Labute approximate surface area is 88.3 Å². The molecule has 1 unspecified atom stereocenters. The van der Waals surface area contributed by atoms with E-state index in [1.54, 1.807) is 19.5 Å². The highest BCUT2D eigenvalue weighted by Gasteiger charge is 2.10. The van der Waals surface area contributed by atoms with Crippen LogP contribution in [0.25, 0.3) is 0 Å². The molecule has 0 saturated heterocycles. The first-order valence-electron chi connectivity index (χ1n) is 4.76. The maximum atomic E-state index is 9.98. The van der Waals surface area contributed by atoms with Crippen LogP contribution in [0.1, 0.15) is 17.2 Å². The van der Waals surface area contributed by atoms with Crippen molar-refractivity contribution in [2.75, 3.05) is 7.11 Å². The summed E-state index contributed by atoms with van der Waals surface area (Å²) in [5.41, 5.74) is 1.72. The van der Waals surface area contributed by atoms with Crippen LogP contribution in [-0.4, -0.2) is 17.2 Å². The number of H-pyrrole nitrogens is 1. The van der Waals surface area contributed by atoms with E-state index in [1.807, 2.05) is 30.3 Å². The standard InChI is InChI=1S/C12H13NO2/c1-15-11-4-2-9(3-5-11)12(14)10-6-7-13-8-10/h2-8,12-14H,1H3. The van der Waals surface area contributed by atoms with E-state index in [4.69, 9.17) is 4.74 Å². The molecule has 0 amide bonds. The van der Waals surface area contributed by atoms with Crippen LogP contribution in [0, 0.1) is 0 Å². The van der Waals surface area contributed by atoms with Gasteiger partial charge in [0.1, 0.15) is 11.9 Å². The molecule has 0 bridgehead atoms. The van der Waals surface area contributed by atoms with Crippen LogP contribution in [0.15, 0.2) is 42.7 Å². The molecule has 2 N–H and O–H groups in total. The number of hydrogen-bond acceptors (Lipinski definition) is 2. The summed E-state index contributed by atoms with van der Waals surface area (Å²) < 4.78 is 5.05. The largest absolute Gasteiger partial charge is 0.497 e. The number of rotatable bonds is 3. The van der Waals surface area contributed by atoms with Gasteiger partial charge >= 0.3 is 0 Å². The molecule has 0 aliphatic heterocycles. The summed E-state index contributed by atoms with van der Waals surface area (Å²) in [5.74, 6) is 0.792. The summed E-state index contributed by atoms with van der Waals surface area (Å²) in [7, 11) is 1.62. The highest BCUT2D eigenvalue weighted by molar-refractivity contribution is 5.33. The second-order valence-electron chi connectivity index (χ2n) is 3.32. The Morgan fingerprint density at radius 1 is 1.13 bits per heavy atom. The summed E-state index contributed by atoms with van der Waals surface area (Å²) >= 11 is 0. The molecule has 0 aliphatic carbocycles. The number of benzene rings is 1. The SMILES string of the molecule is COc1ccc(C(O)c2cc[nH]c2)cc1. The highest BCUT2D eigenvalue weighted by atomic mass is 16.5. The maximum Gasteiger partial charge on any atom is 0.118 e. The predicted molar refractivity (Wildman–Crippen MR) is 57.8 cm³/mol. The van der Waals surface area contributed by atoms with Crippen LogP contribution in [0.5, 0.6) is 5.75 Å². The highest BCUT2D eigenvalue weighted by Crippen LogP contribution is 2.23. The van der Waals surface area contributed by atoms with Gasteiger partial charge in [0.2, 0.25) is 0 Å². The Morgan fingerprint density at radius 3 is 2.40 bits per heavy atom. The molecule has 0 radical (unpaired) electrons. The van der Waals surface area contributed by atoms with Crippen LogP contribution in [0.2, 0.25) is 0 Å². The van der Waals surface area contributed by atoms with Crippen molar-refractivity contribution in [3.8, 4) is 5.75 Å². The number of methoxy groups -OCH3 is 1. The molecule has 1 aromatic carbocycles. The molecule has 1 aromatic heterocycles. The van der Waals surface area contributed by atoms with Crippen LogP contribution in [0.3, 0.4) is 0 Å². The van der Waals surface area contributed by atoms with Crippen molar-refractivity contribution >= 4 is 0 Å². The van der Waals surface area contributed by atoms with Crippen molar-refractivity contribution < 1.29 is 9.84 Å². The van der Waals surface area contributed by atoms with Crippen molar-refractivity contribution in [1.82, 2.24) is 4.98 Å². The lowest BCUT2D eigenvalue weighted by Gasteiger charge is -2.09. The quantitative estimate of drug-likeness (QED) is 0.802. The number of aliphatic hydroxyl groups excluding tert-OH is 1. The molecule has 0 fully saturated rings. The lowest BCUT2D eigenvalue weighted by atomic mass is 10.0. The van der Waals surface area contributed by atoms with Gasteiger partial charge in [0.15, 0.2) is 0 Å². The molecule has 15 heavy (non-hydrogen) atoms. The van der Waals surface area contributed by atoms with Gasteiger partial charge in [-0.05, 0) is 23.8 Å². The molecule has 0 saturated carbocycles. The first-order valence-corrected chi connectivity index (χ1v) is 4.76. The summed E-state index contributed by atoms with van der Waals surface area (Å²) in [6, 6.07) is 9.25. The van der Waals surface area contributed by atoms with Gasteiger partial charge in [0.05, 0.1) is 7.11 Å². The van der Waals surface area contributed by atoms with E-state index < -0.39 is 6.10 Å². The zero-order valence-electron chi connectivity index (χ0n) is 8.47. The van der Waals surface area contributed by atoms with Crippen molar-refractivity contribution in [3.63, 3.8) is 0 Å². The van der Waals surface area contributed by atoms with Gasteiger partial charge in [-0.2, -0.15) is 0 Å². The zero-order chi connectivity index (χ0) is 10.7. The first kappa shape index (κ1) is 9.80. The monoisotopic (exact) mass is 203 g/mol. The smallest absolute Gasteiger partial charge is 0.118 e. The Morgan fingerprint density at radius 2 is 1.87 bits per heavy atom. The lowest BCUT2D eigenvalue weighted by molar-refractivity contribution is 0.220. The second-order valence-corrected chi connectivity index (χ2v) is 3.32. The van der Waals surface area contributed by atoms with Gasteiger partial charge < -0.3 is 14.8 Å². The Kier molecular flexibility index (Phi) is 2.74. The topological polar surface area (TPSA) is 45.2 Å². The van der Waals surface area contributed by atoms with Crippen LogP contribution in [0.4, 0.5) is 0 Å². The average molecular weight is 203 g/mol. The number of aromatic amines is 1. The number of aromatic nitrogens is 1. The minimum atomic E-state index is -0.581. The van der Waals surface area contributed by atoms with E-state index in [0.29, 0.717) is 0 Å². The van der Waals surface area contributed by atoms with E-state index in [2.05, 4.69) is 4.98 Å². The van der Waals surface area contributed by atoms with Crippen molar-refractivity contribution in [2.24, 2.45) is 0 Å². The minimum absolute atomic E-state index is 0.581. The summed E-state index contributed by atoms with van der Waals surface area (Å²) in [5, 5.41) is 9.98. The van der Waals surface area contributed by atoms with E-state index in [0.717, 1.165) is 16.9 Å². The molecular weight excluding hydrogens is 190 g/mol. The normalized spacial score (nSPS) is 12.4. The van der Waals surface area contributed by atoms with Crippen molar-refractivity contribution in [1.29, 1.82) is 0 Å². The molecule has 1 atom stereocenters. The van der Waals surface area contributed by atoms with E-state index in [1.165, 1.54) is 0 Å². The Balaban J connectivity index is 2.22. The molecule has 0 spiro atoms. The maximum absolute atomic E-state index is 9.98. The van der Waals surface area contributed by atoms with Gasteiger partial charge in [0.25, 0.3) is 0 Å². The van der Waals surface area contributed by atoms with Crippen LogP contribution < -0.4 is 4.74 Å². The molecule has 1 heterocycles. The number of ether oxygens (including phenoxy) is 1. The third kappa shape index (κ3) is 2.02. The zero-order valence-corrected chi connectivity index (χ0v) is 8.47. The van der Waals surface area contributed by atoms with Gasteiger partial charge in [-0.25, -0.2) is 0 Å². The first-order chi connectivity index (χ1) is 7.31. The molecule has 2 rings (SSSR count). The fraction of sp³-hybridized carbons (Fsp3) is 0.167. The van der Waals surface area contributed by atoms with Gasteiger partial charge in [-0.3, -0.25) is 0 Å². The van der Waals surface area contributed by atoms with Gasteiger partial charge in [-0.1, -0.05) is 12.1 Å². The second kappa shape index (κ2) is 4.19. The predicted octanol–water partition coefficient (Wildman–Crippen LogP) is 2.10. The van der Waals surface area contributed by atoms with Crippen LogP contribution in [-0.2, 0) is 0 Å². The fourth-order valence-corrected chi connectivity index (χ4v) is 1.49.